The lowest BCUT2D eigenvalue weighted by Gasteiger charge is -2.45. The Labute approximate surface area is 147 Å². The molecule has 2 aliphatic heterocycles. The highest BCUT2D eigenvalue weighted by Crippen LogP contribution is 2.54. The number of likely N-dealkylation sites (N-methyl/N-ethyl adjacent to an activating group) is 1. The summed E-state index contributed by atoms with van der Waals surface area (Å²) in [6, 6.07) is 16.8. The lowest BCUT2D eigenvalue weighted by Crippen LogP contribution is -2.58. The minimum atomic E-state index is -0.560. The maximum Gasteiger partial charge on any atom is 0.211 e. The zero-order valence-corrected chi connectivity index (χ0v) is 14.7. The number of hydrogen-bond donors (Lipinski definition) is 0. The van der Waals surface area contributed by atoms with E-state index in [0.29, 0.717) is 0 Å². The summed E-state index contributed by atoms with van der Waals surface area (Å²) in [4.78, 5) is 6.85. The number of aromatic nitrogens is 1. The predicted molar refractivity (Wildman–Crippen MR) is 102 cm³/mol. The molecule has 1 unspecified atom stereocenters. The smallest absolute Gasteiger partial charge is 0.211 e. The number of anilines is 1. The number of rotatable bonds is 0. The molecule has 1 atom stereocenters. The van der Waals surface area contributed by atoms with Gasteiger partial charge in [0, 0.05) is 29.9 Å². The van der Waals surface area contributed by atoms with E-state index in [2.05, 4.69) is 85.4 Å². The Morgan fingerprint density at radius 2 is 1.84 bits per heavy atom. The van der Waals surface area contributed by atoms with Crippen LogP contribution in [0.2, 0.25) is 0 Å². The molecule has 0 fully saturated rings. The van der Waals surface area contributed by atoms with Crippen molar-refractivity contribution in [2.75, 3.05) is 11.9 Å². The van der Waals surface area contributed by atoms with Crippen LogP contribution in [0, 0.1) is 0 Å². The summed E-state index contributed by atoms with van der Waals surface area (Å²) in [5.74, 6) is 0.869. The van der Waals surface area contributed by atoms with E-state index in [1.165, 1.54) is 11.3 Å². The Morgan fingerprint density at radius 1 is 1.00 bits per heavy atom. The van der Waals surface area contributed by atoms with Crippen molar-refractivity contribution in [2.45, 2.75) is 25.0 Å². The van der Waals surface area contributed by atoms with Gasteiger partial charge in [0.25, 0.3) is 0 Å². The van der Waals surface area contributed by atoms with Crippen LogP contribution in [0.5, 0.6) is 5.75 Å². The van der Waals surface area contributed by atoms with Gasteiger partial charge < -0.3 is 9.64 Å². The van der Waals surface area contributed by atoms with E-state index in [0.717, 1.165) is 22.2 Å². The first kappa shape index (κ1) is 14.5. The van der Waals surface area contributed by atoms with E-state index in [1.807, 2.05) is 12.3 Å². The highest BCUT2D eigenvalue weighted by atomic mass is 16.5. The predicted octanol–water partition coefficient (Wildman–Crippen LogP) is 4.76. The van der Waals surface area contributed by atoms with Gasteiger partial charge in [-0.1, -0.05) is 36.4 Å². The molecule has 1 aromatic heterocycles. The van der Waals surface area contributed by atoms with Crippen molar-refractivity contribution < 1.29 is 4.74 Å². The highest BCUT2D eigenvalue weighted by Gasteiger charge is 2.57. The lowest BCUT2D eigenvalue weighted by atomic mass is 9.76. The molecule has 0 saturated heterocycles. The van der Waals surface area contributed by atoms with Crippen LogP contribution in [0.1, 0.15) is 25.0 Å². The van der Waals surface area contributed by atoms with Crippen LogP contribution in [0.25, 0.3) is 17.0 Å². The first-order valence-corrected chi connectivity index (χ1v) is 8.64. The van der Waals surface area contributed by atoms with Gasteiger partial charge in [0.2, 0.25) is 5.72 Å². The van der Waals surface area contributed by atoms with Gasteiger partial charge in [0.15, 0.2) is 5.75 Å². The topological polar surface area (TPSA) is 25.4 Å². The zero-order valence-electron chi connectivity index (χ0n) is 14.7. The number of ether oxygens (including phenoxy) is 1. The maximum absolute atomic E-state index is 6.78. The van der Waals surface area contributed by atoms with Crippen LogP contribution in [-0.2, 0) is 5.41 Å². The molecule has 0 bridgehead atoms. The van der Waals surface area contributed by atoms with Gasteiger partial charge in [0.1, 0.15) is 5.52 Å². The lowest BCUT2D eigenvalue weighted by molar-refractivity contribution is 0.0596. The molecule has 124 valence electrons. The van der Waals surface area contributed by atoms with Crippen molar-refractivity contribution in [3.05, 3.63) is 71.9 Å². The van der Waals surface area contributed by atoms with E-state index in [-0.39, 0.29) is 5.41 Å². The van der Waals surface area contributed by atoms with Crippen LogP contribution < -0.4 is 9.64 Å². The fourth-order valence-electron chi connectivity index (χ4n) is 4.37. The second kappa shape index (κ2) is 4.63. The summed E-state index contributed by atoms with van der Waals surface area (Å²) in [6.45, 7) is 4.51. The van der Waals surface area contributed by atoms with Gasteiger partial charge in [-0.3, -0.25) is 4.98 Å². The molecule has 25 heavy (non-hydrogen) atoms. The zero-order chi connectivity index (χ0) is 17.2. The fourth-order valence-corrected chi connectivity index (χ4v) is 4.37. The molecule has 5 rings (SSSR count). The number of para-hydroxylation sites is 1. The van der Waals surface area contributed by atoms with Crippen molar-refractivity contribution in [1.29, 1.82) is 0 Å². The van der Waals surface area contributed by atoms with Gasteiger partial charge in [-0.25, -0.2) is 0 Å². The molecule has 2 aromatic carbocycles. The molecular formula is C22H20N2O. The summed E-state index contributed by atoms with van der Waals surface area (Å²) in [6.07, 6.45) is 6.20. The Bertz CT molecular complexity index is 1040. The second-order valence-electron chi connectivity index (χ2n) is 7.39. The van der Waals surface area contributed by atoms with Crippen LogP contribution in [-0.4, -0.2) is 17.8 Å². The van der Waals surface area contributed by atoms with Crippen LogP contribution in [0.3, 0.4) is 0 Å². The summed E-state index contributed by atoms with van der Waals surface area (Å²) in [7, 11) is 2.11. The third-order valence-electron chi connectivity index (χ3n) is 5.84. The third kappa shape index (κ3) is 1.68. The maximum atomic E-state index is 6.78. The molecule has 3 heterocycles. The van der Waals surface area contributed by atoms with Crippen LogP contribution in [0.4, 0.5) is 5.69 Å². The quantitative estimate of drug-likeness (QED) is 0.595. The molecule has 0 saturated carbocycles. The average molecular weight is 328 g/mol. The summed E-state index contributed by atoms with van der Waals surface area (Å²) >= 11 is 0. The Kier molecular flexibility index (Phi) is 2.69. The van der Waals surface area contributed by atoms with Crippen molar-refractivity contribution >= 4 is 22.7 Å². The fraction of sp³-hybridized carbons (Fsp3) is 0.227. The minimum absolute atomic E-state index is 0.191. The molecule has 0 N–H and O–H groups in total. The Morgan fingerprint density at radius 3 is 2.68 bits per heavy atom. The van der Waals surface area contributed by atoms with Crippen molar-refractivity contribution in [1.82, 2.24) is 4.98 Å². The van der Waals surface area contributed by atoms with E-state index in [4.69, 9.17) is 4.74 Å². The summed E-state index contributed by atoms with van der Waals surface area (Å²) in [5.41, 5.74) is 3.77. The third-order valence-corrected chi connectivity index (χ3v) is 5.84. The highest BCUT2D eigenvalue weighted by molar-refractivity contribution is 5.89. The molecule has 2 aliphatic rings. The first-order chi connectivity index (χ1) is 12.0. The summed E-state index contributed by atoms with van der Waals surface area (Å²) < 4.78 is 6.78. The van der Waals surface area contributed by atoms with E-state index in [9.17, 15) is 0 Å². The normalized spacial score (nSPS) is 22.8. The van der Waals surface area contributed by atoms with Gasteiger partial charge in [-0.05, 0) is 43.7 Å². The van der Waals surface area contributed by atoms with Gasteiger partial charge >= 0.3 is 0 Å². The van der Waals surface area contributed by atoms with Gasteiger partial charge in [-0.15, -0.1) is 0 Å². The van der Waals surface area contributed by atoms with Gasteiger partial charge in [0.05, 0.1) is 5.41 Å². The van der Waals surface area contributed by atoms with Crippen molar-refractivity contribution in [3.63, 3.8) is 0 Å². The minimum Gasteiger partial charge on any atom is -0.460 e. The van der Waals surface area contributed by atoms with E-state index < -0.39 is 5.72 Å². The average Bonchev–Trinajstić information content (AvgIpc) is 2.81. The Balaban J connectivity index is 1.75. The molecule has 0 aliphatic carbocycles. The Hall–Kier alpha value is -2.81. The van der Waals surface area contributed by atoms with Crippen molar-refractivity contribution in [3.8, 4) is 5.75 Å². The number of hydrogen-bond acceptors (Lipinski definition) is 3. The van der Waals surface area contributed by atoms with Crippen LogP contribution in [0.15, 0.2) is 60.8 Å². The van der Waals surface area contributed by atoms with Gasteiger partial charge in [-0.2, -0.15) is 0 Å². The molecule has 3 nitrogen and oxygen atoms in total. The SMILES string of the molecule is CN1c2ccccc2C(C)(C)C12C=Cc1ccc3cccnc3c1O2. The molecule has 3 aromatic rings. The molecule has 1 spiro atoms. The molecule has 0 radical (unpaired) electrons. The van der Waals surface area contributed by atoms with Crippen molar-refractivity contribution in [2.24, 2.45) is 0 Å². The molecule has 0 amide bonds. The molecular weight excluding hydrogens is 308 g/mol. The first-order valence-electron chi connectivity index (χ1n) is 8.64. The largest absolute Gasteiger partial charge is 0.460 e. The molecule has 3 heteroatoms. The number of benzene rings is 2. The standard InChI is InChI=1S/C22H20N2O/c1-21(2)17-8-4-5-9-18(17)24(3)22(21)13-12-16-11-10-15-7-6-14-23-19(15)20(16)25-22/h4-14H,1-3H3. The summed E-state index contributed by atoms with van der Waals surface area (Å²) in [5, 5.41) is 1.10. The number of nitrogens with zero attached hydrogens (tertiary/aromatic N) is 2. The van der Waals surface area contributed by atoms with E-state index in [1.54, 1.807) is 0 Å². The monoisotopic (exact) mass is 328 g/mol. The van der Waals surface area contributed by atoms with Crippen LogP contribution >= 0.6 is 0 Å². The number of pyridine rings is 1. The number of fused-ring (bicyclic) bond motifs is 4. The second-order valence-corrected chi connectivity index (χ2v) is 7.39. The van der Waals surface area contributed by atoms with E-state index >= 15 is 0 Å².